The van der Waals surface area contributed by atoms with E-state index in [-0.39, 0.29) is 77.2 Å². The van der Waals surface area contributed by atoms with Crippen LogP contribution >= 0.6 is 0 Å². The van der Waals surface area contributed by atoms with Crippen LogP contribution in [0.15, 0.2) is 88.7 Å². The first kappa shape index (κ1) is 40.0. The van der Waals surface area contributed by atoms with E-state index in [2.05, 4.69) is 27.8 Å². The van der Waals surface area contributed by atoms with Crippen molar-refractivity contribution in [2.45, 2.75) is 33.1 Å². The number of fused-ring (bicyclic) bond motifs is 8. The molecule has 0 bridgehead atoms. The molecular weight excluding hydrogens is 852 g/mol. The number of cyclic esters (lactones) is 8. The Morgan fingerprint density at radius 1 is 0.338 bits per heavy atom. The van der Waals surface area contributed by atoms with Crippen LogP contribution in [0.5, 0.6) is 0 Å². The molecule has 0 unspecified atom stereocenters. The molecule has 6 heterocycles. The van der Waals surface area contributed by atoms with Crippen LogP contribution in [-0.4, -0.2) is 47.8 Å². The maximum absolute atomic E-state index is 11.7. The van der Waals surface area contributed by atoms with Gasteiger partial charge in [0.15, 0.2) is 0 Å². The van der Waals surface area contributed by atoms with Gasteiger partial charge < -0.3 is 27.8 Å². The van der Waals surface area contributed by atoms with E-state index in [0.29, 0.717) is 19.3 Å². The van der Waals surface area contributed by atoms with Crippen molar-refractivity contribution < 1.29 is 66.1 Å². The molecule has 4 aliphatic heterocycles. The van der Waals surface area contributed by atoms with Crippen LogP contribution in [-0.2, 0) is 38.2 Å². The first-order valence-corrected chi connectivity index (χ1v) is 19.3. The van der Waals surface area contributed by atoms with Gasteiger partial charge in [0.1, 0.15) is 0 Å². The van der Waals surface area contributed by atoms with Crippen molar-refractivity contribution in [3.05, 3.63) is 191 Å². The molecule has 7 aromatic rings. The molecule has 0 fully saturated rings. The summed E-state index contributed by atoms with van der Waals surface area (Å²) in [6.07, 6.45) is 1.45. The Morgan fingerprint density at radius 3 is 0.862 bits per heavy atom. The lowest BCUT2D eigenvalue weighted by Crippen LogP contribution is -2.11. The van der Waals surface area contributed by atoms with E-state index in [1.165, 1.54) is 13.8 Å². The van der Waals surface area contributed by atoms with Gasteiger partial charge in [-0.05, 0) is 126 Å². The molecule has 5 aliphatic rings. The minimum atomic E-state index is -0.800. The van der Waals surface area contributed by atoms with Crippen molar-refractivity contribution in [2.24, 2.45) is 0 Å². The van der Waals surface area contributed by atoms with Gasteiger partial charge in [0.2, 0.25) is 0 Å². The Labute approximate surface area is 359 Å². The van der Waals surface area contributed by atoms with Gasteiger partial charge in [-0.15, -0.1) is 0 Å². The lowest BCUT2D eigenvalue weighted by molar-refractivity contribution is 0.0425. The summed E-state index contributed by atoms with van der Waals surface area (Å²) in [6.45, 7) is 2.97. The van der Waals surface area contributed by atoms with Crippen molar-refractivity contribution in [2.75, 3.05) is 0 Å². The lowest BCUT2D eigenvalue weighted by Gasteiger charge is -2.20. The third-order valence-corrected chi connectivity index (χ3v) is 11.7. The highest BCUT2D eigenvalue weighted by atomic mass is 16.6. The second kappa shape index (κ2) is 14.2. The van der Waals surface area contributed by atoms with E-state index in [9.17, 15) is 57.5 Å². The van der Waals surface area contributed by atoms with E-state index in [0.717, 1.165) is 33.4 Å². The summed E-state index contributed by atoms with van der Waals surface area (Å²) >= 11 is 0. The van der Waals surface area contributed by atoms with E-state index in [1.54, 1.807) is 60.7 Å². The van der Waals surface area contributed by atoms with Gasteiger partial charge in [-0.1, -0.05) is 12.1 Å². The molecule has 318 valence electrons. The lowest BCUT2D eigenvalue weighted by atomic mass is 9.82. The first-order chi connectivity index (χ1) is 31.0. The second-order valence-electron chi connectivity index (χ2n) is 15.4. The monoisotopic (exact) mass is 874 g/mol. The normalized spacial score (nSPS) is 14.9. The first-order valence-electron chi connectivity index (χ1n) is 19.3. The Bertz CT molecular complexity index is 3340. The predicted molar refractivity (Wildman–Crippen MR) is 216 cm³/mol. The molecule has 18 heteroatoms. The maximum atomic E-state index is 11.7. The van der Waals surface area contributed by atoms with Gasteiger partial charge in [-0.3, -0.25) is 0 Å². The number of hydrogen-bond acceptors (Lipinski definition) is 18. The molecule has 65 heavy (non-hydrogen) atoms. The standard InChI is InChI=1S/C18H8O6.C17H8O6.C12H6O6/c19-15-11-3-7-1-8-4-12-14(18(22)24-16(12)20)6-10(8)2-9(7)5-13(11)17(21)23-15;18-14-10-3-1-8(6-12(10)16(20)22-14)5-9-2-4-11-13(7-9)17(21)23-15(11)19;1-3-5-7(11(15)17-9(5)13)4(2)8-6(3)10(14)18-12(8)16/h3-6H,1-2H2;1-4,6-7H,5H2;1-2H3. The topological polar surface area (TPSA) is 268 Å². The quantitative estimate of drug-likeness (QED) is 0.136. The Kier molecular flexibility index (Phi) is 8.77. The third-order valence-electron chi connectivity index (χ3n) is 11.7. The molecule has 18 nitrogen and oxygen atoms in total. The number of aryl methyl sites for hydroxylation is 2. The highest BCUT2D eigenvalue weighted by Crippen LogP contribution is 2.35. The molecule has 0 saturated heterocycles. The zero-order valence-corrected chi connectivity index (χ0v) is 33.2. The highest BCUT2D eigenvalue weighted by Gasteiger charge is 2.36. The van der Waals surface area contributed by atoms with Crippen molar-refractivity contribution in [1.29, 1.82) is 0 Å². The zero-order chi connectivity index (χ0) is 45.9. The summed E-state index contributed by atoms with van der Waals surface area (Å²) in [7, 11) is 0. The number of ether oxygens (including phenoxy) is 4. The summed E-state index contributed by atoms with van der Waals surface area (Å²) in [6, 6.07) is 16.4. The summed E-state index contributed by atoms with van der Waals surface area (Å²) < 4.78 is 27.4. The summed E-state index contributed by atoms with van der Waals surface area (Å²) in [5.41, 5.74) is 4.58. The van der Waals surface area contributed by atoms with Crippen LogP contribution in [0, 0.1) is 13.8 Å². The van der Waals surface area contributed by atoms with Crippen LogP contribution in [0.2, 0.25) is 0 Å². The van der Waals surface area contributed by atoms with Crippen LogP contribution < -0.4 is 22.5 Å². The van der Waals surface area contributed by atoms with Gasteiger partial charge in [-0.25, -0.2) is 57.5 Å². The number of furan rings is 2. The van der Waals surface area contributed by atoms with Crippen LogP contribution in [0.3, 0.4) is 0 Å². The molecular formula is C47H22O18. The largest absolute Gasteiger partial charge is 0.386 e. The Hall–Kier alpha value is -9.06. The Balaban J connectivity index is 0.000000116. The van der Waals surface area contributed by atoms with Gasteiger partial charge in [0.25, 0.3) is 0 Å². The third kappa shape index (κ3) is 6.25. The fourth-order valence-electron chi connectivity index (χ4n) is 8.62. The summed E-state index contributed by atoms with van der Waals surface area (Å²) in [5, 5.41) is 0.177. The maximum Gasteiger partial charge on any atom is 0.347 e. The number of hydrogen-bond donors (Lipinski definition) is 0. The molecule has 0 N–H and O–H groups in total. The highest BCUT2D eigenvalue weighted by molar-refractivity contribution is 6.17. The molecule has 12 rings (SSSR count). The van der Waals surface area contributed by atoms with Gasteiger partial charge in [0, 0.05) is 0 Å². The average Bonchev–Trinajstić information content (AvgIpc) is 4.06. The van der Waals surface area contributed by atoms with Crippen molar-refractivity contribution >= 4 is 69.3 Å². The van der Waals surface area contributed by atoms with Gasteiger partial charge >= 0.3 is 70.3 Å². The van der Waals surface area contributed by atoms with Crippen molar-refractivity contribution in [3.63, 3.8) is 0 Å². The molecule has 2 aromatic heterocycles. The number of carbonyl (C=O) groups excluding carboxylic acids is 8. The summed E-state index contributed by atoms with van der Waals surface area (Å²) in [5.74, 6) is -5.13. The number of esters is 8. The molecule has 0 spiro atoms. The minimum absolute atomic E-state index is 0.0444. The fraction of sp³-hybridized carbons (Fsp3) is 0.106. The van der Waals surface area contributed by atoms with Gasteiger partial charge in [0.05, 0.1) is 66.1 Å². The molecule has 1 aliphatic carbocycles. The summed E-state index contributed by atoms with van der Waals surface area (Å²) in [4.78, 5) is 139. The smallest absolute Gasteiger partial charge is 0.347 e. The van der Waals surface area contributed by atoms with E-state index < -0.39 is 70.3 Å². The molecule has 0 atom stereocenters. The molecule has 0 radical (unpaired) electrons. The van der Waals surface area contributed by atoms with Crippen LogP contribution in [0.25, 0.3) is 21.5 Å². The molecule has 5 aromatic carbocycles. The van der Waals surface area contributed by atoms with Gasteiger partial charge in [-0.2, -0.15) is 0 Å². The number of carbonyl (C=O) groups is 8. The van der Waals surface area contributed by atoms with E-state index in [4.69, 9.17) is 0 Å². The fourth-order valence-corrected chi connectivity index (χ4v) is 8.62. The van der Waals surface area contributed by atoms with E-state index in [1.807, 2.05) is 0 Å². The average molecular weight is 875 g/mol. The van der Waals surface area contributed by atoms with Crippen LogP contribution in [0.4, 0.5) is 0 Å². The second-order valence-corrected chi connectivity index (χ2v) is 15.4. The number of rotatable bonds is 2. The predicted octanol–water partition coefficient (Wildman–Crippen LogP) is 3.81. The zero-order valence-electron chi connectivity index (χ0n) is 33.2. The molecule has 0 amide bonds. The van der Waals surface area contributed by atoms with Crippen molar-refractivity contribution in [1.82, 2.24) is 0 Å². The Morgan fingerprint density at radius 2 is 0.585 bits per heavy atom. The van der Waals surface area contributed by atoms with E-state index >= 15 is 0 Å². The molecule has 0 saturated carbocycles. The van der Waals surface area contributed by atoms with Crippen LogP contribution in [0.1, 0.15) is 127 Å². The minimum Gasteiger partial charge on any atom is -0.386 e. The van der Waals surface area contributed by atoms with Crippen molar-refractivity contribution in [3.8, 4) is 0 Å². The SMILES string of the molecule is Cc1c2c(=O)oc(=O)c2c(C)c2c(=O)oc(=O)c12.O=C1OC(=O)c2cc(Cc3ccc4c(c3)C(=O)OC4=O)ccc21.O=C1OC(=O)c2cc3c(cc21)Cc1cc2c(cc1C3)C(=O)OC2=O. The number of benzene rings is 5.